The van der Waals surface area contributed by atoms with E-state index in [2.05, 4.69) is 34.9 Å². The molecule has 7 heteroatoms. The molecule has 0 atom stereocenters. The number of hydrogen-bond acceptors (Lipinski definition) is 5. The number of fused-ring (bicyclic) bond motifs is 1. The molecule has 5 aromatic rings. The highest BCUT2D eigenvalue weighted by molar-refractivity contribution is 6.08. The molecule has 5 rings (SSSR count). The summed E-state index contributed by atoms with van der Waals surface area (Å²) in [5.41, 5.74) is 8.95. The number of hydrazone groups is 1. The van der Waals surface area contributed by atoms with Crippen LogP contribution < -0.4 is 10.7 Å². The number of nitrogens with zero attached hydrogens (tertiary/aromatic N) is 2. The Morgan fingerprint density at radius 3 is 2.38 bits per heavy atom. The van der Waals surface area contributed by atoms with Gasteiger partial charge in [-0.3, -0.25) is 9.59 Å². The zero-order valence-electron chi connectivity index (χ0n) is 21.8. The second-order valence-corrected chi connectivity index (χ2v) is 9.17. The Bertz CT molecular complexity index is 1640. The first-order valence-electron chi connectivity index (χ1n) is 12.8. The third-order valence-electron chi connectivity index (χ3n) is 6.38. The average molecular weight is 517 g/mol. The van der Waals surface area contributed by atoms with Crippen LogP contribution in [0.3, 0.4) is 0 Å². The van der Waals surface area contributed by atoms with Gasteiger partial charge in [-0.25, -0.2) is 10.4 Å². The second-order valence-electron chi connectivity index (χ2n) is 9.17. The first kappa shape index (κ1) is 25.6. The summed E-state index contributed by atoms with van der Waals surface area (Å²) in [6.45, 7) is 3.97. The van der Waals surface area contributed by atoms with Gasteiger partial charge >= 0.3 is 0 Å². The fourth-order valence-corrected chi connectivity index (χ4v) is 4.30. The molecule has 3 aromatic carbocycles. The number of carbonyl (C=O) groups is 2. The number of anilines is 1. The highest BCUT2D eigenvalue weighted by Gasteiger charge is 2.14. The van der Waals surface area contributed by atoms with Gasteiger partial charge in [0.2, 0.25) is 0 Å². The van der Waals surface area contributed by atoms with Crippen molar-refractivity contribution in [3.8, 4) is 11.3 Å². The molecule has 0 aliphatic heterocycles. The fraction of sp³-hybridized carbons (Fsp3) is 0.125. The molecule has 2 aromatic heterocycles. The summed E-state index contributed by atoms with van der Waals surface area (Å²) in [4.78, 5) is 30.3. The van der Waals surface area contributed by atoms with Crippen LogP contribution in [0.5, 0.6) is 0 Å². The van der Waals surface area contributed by atoms with E-state index in [1.165, 1.54) is 11.8 Å². The fourth-order valence-electron chi connectivity index (χ4n) is 4.30. The largest absolute Gasteiger partial charge is 0.459 e. The van der Waals surface area contributed by atoms with Crippen LogP contribution in [0.1, 0.15) is 52.3 Å². The molecule has 0 unspecified atom stereocenters. The lowest BCUT2D eigenvalue weighted by Crippen LogP contribution is -2.20. The normalized spacial score (nSPS) is 11.4. The van der Waals surface area contributed by atoms with Crippen LogP contribution in [0.15, 0.2) is 107 Å². The Labute approximate surface area is 226 Å². The number of benzene rings is 3. The quantitative estimate of drug-likeness (QED) is 0.174. The number of aromatic nitrogens is 1. The Kier molecular flexibility index (Phi) is 7.59. The Hall–Kier alpha value is -5.04. The highest BCUT2D eigenvalue weighted by atomic mass is 16.3. The smallest absolute Gasteiger partial charge is 0.291 e. The van der Waals surface area contributed by atoms with Crippen LogP contribution in [0.2, 0.25) is 0 Å². The number of aryl methyl sites for hydroxylation is 1. The Morgan fingerprint density at radius 2 is 1.67 bits per heavy atom. The molecule has 0 aliphatic rings. The van der Waals surface area contributed by atoms with Crippen LogP contribution in [-0.4, -0.2) is 22.5 Å². The third-order valence-corrected chi connectivity index (χ3v) is 6.38. The van der Waals surface area contributed by atoms with Gasteiger partial charge in [0.05, 0.1) is 28.7 Å². The van der Waals surface area contributed by atoms with Gasteiger partial charge in [0.15, 0.2) is 5.76 Å². The minimum atomic E-state index is -0.328. The zero-order chi connectivity index (χ0) is 27.2. The van der Waals surface area contributed by atoms with Gasteiger partial charge in [0, 0.05) is 16.6 Å². The number of nitrogens with one attached hydrogen (secondary N) is 2. The predicted molar refractivity (Wildman–Crippen MR) is 154 cm³/mol. The van der Waals surface area contributed by atoms with Gasteiger partial charge in [-0.05, 0) is 60.9 Å². The van der Waals surface area contributed by atoms with Crippen LogP contribution >= 0.6 is 0 Å². The van der Waals surface area contributed by atoms with Crippen LogP contribution in [0.25, 0.3) is 22.2 Å². The topological polar surface area (TPSA) is 96.6 Å². The molecule has 0 radical (unpaired) electrons. The predicted octanol–water partition coefficient (Wildman–Crippen LogP) is 6.85. The van der Waals surface area contributed by atoms with Crippen molar-refractivity contribution in [2.75, 3.05) is 5.32 Å². The maximum absolute atomic E-state index is 13.3. The number of pyridine rings is 1. The van der Waals surface area contributed by atoms with Gasteiger partial charge in [-0.2, -0.15) is 5.10 Å². The summed E-state index contributed by atoms with van der Waals surface area (Å²) in [7, 11) is 0. The lowest BCUT2D eigenvalue weighted by Gasteiger charge is -2.10. The average Bonchev–Trinajstić information content (AvgIpc) is 3.52. The molecule has 39 heavy (non-hydrogen) atoms. The number of para-hydroxylation sites is 1. The zero-order valence-corrected chi connectivity index (χ0v) is 21.8. The highest BCUT2D eigenvalue weighted by Crippen LogP contribution is 2.25. The molecular formula is C32H28N4O3. The SMILES string of the molecule is CCCc1ccc(-c2cc(C(=O)N/N=C(\C)c3ccc(NC(=O)c4ccco4)cc3)c3ccccc3n2)cc1. The van der Waals surface area contributed by atoms with E-state index in [1.54, 1.807) is 24.3 Å². The van der Waals surface area contributed by atoms with Crippen LogP contribution in [0, 0.1) is 0 Å². The van der Waals surface area contributed by atoms with Crippen molar-refractivity contribution in [3.63, 3.8) is 0 Å². The van der Waals surface area contributed by atoms with E-state index in [4.69, 9.17) is 9.40 Å². The van der Waals surface area contributed by atoms with Crippen LogP contribution in [0.4, 0.5) is 5.69 Å². The molecule has 2 N–H and O–H groups in total. The lowest BCUT2D eigenvalue weighted by atomic mass is 10.0. The molecule has 0 aliphatic carbocycles. The van der Waals surface area contributed by atoms with E-state index < -0.39 is 0 Å². The van der Waals surface area contributed by atoms with E-state index in [0.717, 1.165) is 40.6 Å². The number of hydrogen-bond donors (Lipinski definition) is 2. The molecule has 2 amide bonds. The summed E-state index contributed by atoms with van der Waals surface area (Å²) in [6, 6.07) is 28.2. The van der Waals surface area contributed by atoms with E-state index in [-0.39, 0.29) is 17.6 Å². The lowest BCUT2D eigenvalue weighted by molar-refractivity contribution is 0.0955. The van der Waals surface area contributed by atoms with Crippen molar-refractivity contribution in [2.24, 2.45) is 5.10 Å². The molecule has 0 spiro atoms. The molecule has 0 saturated carbocycles. The number of carbonyl (C=O) groups excluding carboxylic acids is 2. The first-order chi connectivity index (χ1) is 19.0. The molecule has 7 nitrogen and oxygen atoms in total. The van der Waals surface area contributed by atoms with Crippen molar-refractivity contribution in [1.82, 2.24) is 10.4 Å². The monoisotopic (exact) mass is 516 g/mol. The standard InChI is InChI=1S/C32H28N4O3/c1-3-7-22-11-13-24(14-12-22)29-20-27(26-8-4-5-9-28(26)34-29)31(37)36-35-21(2)23-15-17-25(18-16-23)33-32(38)30-10-6-19-39-30/h4-6,8-20H,3,7H2,1-2H3,(H,33,38)(H,36,37)/b35-21+. The minimum Gasteiger partial charge on any atom is -0.459 e. The van der Waals surface area contributed by atoms with Crippen LogP contribution in [-0.2, 0) is 6.42 Å². The van der Waals surface area contributed by atoms with Crippen molar-refractivity contribution in [2.45, 2.75) is 26.7 Å². The van der Waals surface area contributed by atoms with Crippen molar-refractivity contribution >= 4 is 34.1 Å². The number of rotatable bonds is 8. The summed E-state index contributed by atoms with van der Waals surface area (Å²) in [5.74, 6) is -0.412. The van der Waals surface area contributed by atoms with E-state index >= 15 is 0 Å². The first-order valence-corrected chi connectivity index (χ1v) is 12.8. The summed E-state index contributed by atoms with van der Waals surface area (Å²) in [5, 5.41) is 7.87. The maximum atomic E-state index is 13.3. The van der Waals surface area contributed by atoms with E-state index in [1.807, 2.05) is 61.5 Å². The molecule has 194 valence electrons. The minimum absolute atomic E-state index is 0.236. The second kappa shape index (κ2) is 11.6. The van der Waals surface area contributed by atoms with E-state index in [9.17, 15) is 9.59 Å². The summed E-state index contributed by atoms with van der Waals surface area (Å²) < 4.78 is 5.12. The van der Waals surface area contributed by atoms with Gasteiger partial charge in [0.25, 0.3) is 11.8 Å². The summed E-state index contributed by atoms with van der Waals surface area (Å²) >= 11 is 0. The Morgan fingerprint density at radius 1 is 0.897 bits per heavy atom. The van der Waals surface area contributed by atoms with Crippen molar-refractivity contribution in [3.05, 3.63) is 120 Å². The molecule has 0 fully saturated rings. The van der Waals surface area contributed by atoms with Gasteiger partial charge in [-0.1, -0.05) is 67.9 Å². The molecule has 0 saturated heterocycles. The van der Waals surface area contributed by atoms with Gasteiger partial charge in [0.1, 0.15) is 0 Å². The number of furan rings is 1. The molecule has 2 heterocycles. The third kappa shape index (κ3) is 5.93. The molecular weight excluding hydrogens is 488 g/mol. The summed E-state index contributed by atoms with van der Waals surface area (Å²) in [6.07, 6.45) is 3.56. The van der Waals surface area contributed by atoms with Gasteiger partial charge < -0.3 is 9.73 Å². The molecule has 0 bridgehead atoms. The van der Waals surface area contributed by atoms with Crippen molar-refractivity contribution in [1.29, 1.82) is 0 Å². The number of amides is 2. The van der Waals surface area contributed by atoms with E-state index in [0.29, 0.717) is 17.0 Å². The van der Waals surface area contributed by atoms with Gasteiger partial charge in [-0.15, -0.1) is 0 Å². The Balaban J connectivity index is 1.34. The maximum Gasteiger partial charge on any atom is 0.291 e. The van der Waals surface area contributed by atoms with Crippen molar-refractivity contribution < 1.29 is 14.0 Å².